The van der Waals surface area contributed by atoms with Gasteiger partial charge in [0.25, 0.3) is 0 Å². The van der Waals surface area contributed by atoms with E-state index in [0.29, 0.717) is 0 Å². The fraction of sp³-hybridized carbons (Fsp3) is 0.462. The number of anilines is 1. The number of thiazole rings is 1. The molecule has 2 rings (SSSR count). The molecule has 2 aromatic heterocycles. The van der Waals surface area contributed by atoms with Gasteiger partial charge in [0.2, 0.25) is 0 Å². The lowest BCUT2D eigenvalue weighted by atomic mass is 10.1. The van der Waals surface area contributed by atoms with Gasteiger partial charge in [-0.25, -0.2) is 4.98 Å². The second-order valence-electron chi connectivity index (χ2n) is 4.45. The number of aromatic nitrogens is 3. The molecule has 6 nitrogen and oxygen atoms in total. The third-order valence-corrected chi connectivity index (χ3v) is 3.79. The van der Waals surface area contributed by atoms with Gasteiger partial charge < -0.3 is 10.1 Å². The lowest BCUT2D eigenvalue weighted by Crippen LogP contribution is -2.06. The summed E-state index contributed by atoms with van der Waals surface area (Å²) in [6.07, 6.45) is 4.08. The van der Waals surface area contributed by atoms with Crippen molar-refractivity contribution >= 4 is 22.4 Å². The van der Waals surface area contributed by atoms with Crippen LogP contribution in [0, 0.1) is 6.92 Å². The number of nitrogens with zero attached hydrogens (tertiary/aromatic N) is 2. The van der Waals surface area contributed by atoms with Crippen molar-refractivity contribution in [2.45, 2.75) is 26.2 Å². The number of aromatic amines is 1. The second-order valence-corrected chi connectivity index (χ2v) is 5.31. The molecule has 0 aliphatic carbocycles. The molecule has 0 aliphatic heterocycles. The molecular weight excluding hydrogens is 276 g/mol. The Hall–Kier alpha value is -1.89. The van der Waals surface area contributed by atoms with Gasteiger partial charge in [-0.15, -0.1) is 11.3 Å². The molecule has 0 saturated heterocycles. The number of H-pyrrole nitrogens is 1. The minimum absolute atomic E-state index is 0.225. The molecule has 0 spiro atoms. The van der Waals surface area contributed by atoms with Gasteiger partial charge in [-0.3, -0.25) is 9.89 Å². The Bertz CT molecular complexity index is 564. The van der Waals surface area contributed by atoms with Gasteiger partial charge >= 0.3 is 5.97 Å². The molecule has 0 unspecified atom stereocenters. The molecule has 0 radical (unpaired) electrons. The smallest absolute Gasteiger partial charge is 0.311 e. The third-order valence-electron chi connectivity index (χ3n) is 2.94. The normalized spacial score (nSPS) is 10.5. The first-order valence-corrected chi connectivity index (χ1v) is 7.31. The average molecular weight is 294 g/mol. The van der Waals surface area contributed by atoms with Crippen LogP contribution in [0.15, 0.2) is 11.6 Å². The number of nitrogens with one attached hydrogen (secondary N) is 2. The van der Waals surface area contributed by atoms with Crippen LogP contribution in [0.1, 0.15) is 23.4 Å². The van der Waals surface area contributed by atoms with Crippen molar-refractivity contribution < 1.29 is 9.53 Å². The quantitative estimate of drug-likeness (QED) is 0.602. The standard InChI is InChI=1S/C13H18N4O2S/c1-9-10(7-15-17-9)4-3-5-14-13-16-11(8-20-13)6-12(18)19-2/h7-8H,3-6H2,1-2H3,(H,14,16)(H,15,17). The Morgan fingerprint density at radius 3 is 3.10 bits per heavy atom. The van der Waals surface area contributed by atoms with Gasteiger partial charge in [0.1, 0.15) is 0 Å². The number of hydrogen-bond acceptors (Lipinski definition) is 6. The predicted molar refractivity (Wildman–Crippen MR) is 78.0 cm³/mol. The first-order valence-electron chi connectivity index (χ1n) is 6.43. The van der Waals surface area contributed by atoms with Crippen molar-refractivity contribution in [3.8, 4) is 0 Å². The molecule has 7 heteroatoms. The van der Waals surface area contributed by atoms with E-state index in [1.165, 1.54) is 24.0 Å². The SMILES string of the molecule is COC(=O)Cc1csc(NCCCc2cn[nH]c2C)n1. The summed E-state index contributed by atoms with van der Waals surface area (Å²) in [4.78, 5) is 15.5. The van der Waals surface area contributed by atoms with E-state index >= 15 is 0 Å². The average Bonchev–Trinajstić information content (AvgIpc) is 3.04. The van der Waals surface area contributed by atoms with E-state index < -0.39 is 0 Å². The van der Waals surface area contributed by atoms with Gasteiger partial charge in [-0.1, -0.05) is 0 Å². The Labute approximate surface area is 121 Å². The van der Waals surface area contributed by atoms with Crippen molar-refractivity contribution in [1.29, 1.82) is 0 Å². The minimum atomic E-state index is -0.266. The zero-order valence-corrected chi connectivity index (χ0v) is 12.4. The van der Waals surface area contributed by atoms with Crippen LogP contribution in [0.25, 0.3) is 0 Å². The van der Waals surface area contributed by atoms with E-state index in [2.05, 4.69) is 25.2 Å². The molecule has 2 aromatic rings. The Morgan fingerprint density at radius 1 is 1.55 bits per heavy atom. The van der Waals surface area contributed by atoms with Gasteiger partial charge in [-0.05, 0) is 25.3 Å². The number of esters is 1. The molecule has 20 heavy (non-hydrogen) atoms. The van der Waals surface area contributed by atoms with E-state index in [1.54, 1.807) is 0 Å². The van der Waals surface area contributed by atoms with E-state index in [0.717, 1.165) is 35.9 Å². The van der Waals surface area contributed by atoms with Gasteiger partial charge in [-0.2, -0.15) is 5.10 Å². The summed E-state index contributed by atoms with van der Waals surface area (Å²) >= 11 is 1.50. The summed E-state index contributed by atoms with van der Waals surface area (Å²) in [7, 11) is 1.38. The van der Waals surface area contributed by atoms with Gasteiger partial charge in [0.05, 0.1) is 25.4 Å². The first-order chi connectivity index (χ1) is 9.69. The molecule has 2 N–H and O–H groups in total. The van der Waals surface area contributed by atoms with Crippen LogP contribution in [0.2, 0.25) is 0 Å². The predicted octanol–water partition coefficient (Wildman–Crippen LogP) is 1.93. The van der Waals surface area contributed by atoms with Crippen LogP contribution in [0.3, 0.4) is 0 Å². The van der Waals surface area contributed by atoms with Crippen molar-refractivity contribution in [2.75, 3.05) is 19.0 Å². The highest BCUT2D eigenvalue weighted by atomic mass is 32.1. The molecule has 0 aliphatic rings. The summed E-state index contributed by atoms with van der Waals surface area (Å²) < 4.78 is 4.61. The van der Waals surface area contributed by atoms with Gasteiger partial charge in [0.15, 0.2) is 5.13 Å². The molecular formula is C13H18N4O2S. The van der Waals surface area contributed by atoms with Crippen LogP contribution < -0.4 is 5.32 Å². The summed E-state index contributed by atoms with van der Waals surface area (Å²) in [5.41, 5.74) is 3.12. The Morgan fingerprint density at radius 2 is 2.40 bits per heavy atom. The number of carbonyl (C=O) groups is 1. The largest absolute Gasteiger partial charge is 0.469 e. The van der Waals surface area contributed by atoms with Gasteiger partial charge in [0, 0.05) is 17.6 Å². The monoisotopic (exact) mass is 294 g/mol. The molecule has 0 aromatic carbocycles. The molecule has 108 valence electrons. The maximum absolute atomic E-state index is 11.1. The Kier molecular flexibility index (Phi) is 5.11. The molecule has 2 heterocycles. The highest BCUT2D eigenvalue weighted by Crippen LogP contribution is 2.16. The third kappa shape index (κ3) is 4.06. The molecule has 0 atom stereocenters. The van der Waals surface area contributed by atoms with E-state index in [-0.39, 0.29) is 12.4 Å². The second kappa shape index (κ2) is 7.04. The van der Waals surface area contributed by atoms with Crippen LogP contribution >= 0.6 is 11.3 Å². The van der Waals surface area contributed by atoms with Crippen molar-refractivity contribution in [2.24, 2.45) is 0 Å². The zero-order valence-electron chi connectivity index (χ0n) is 11.6. The molecule has 0 bridgehead atoms. The number of ether oxygens (including phenoxy) is 1. The van der Waals surface area contributed by atoms with Crippen LogP contribution in [0.5, 0.6) is 0 Å². The molecule has 0 saturated carbocycles. The van der Waals surface area contributed by atoms with Crippen LogP contribution in [0.4, 0.5) is 5.13 Å². The molecule has 0 fully saturated rings. The maximum atomic E-state index is 11.1. The number of carbonyl (C=O) groups excluding carboxylic acids is 1. The highest BCUT2D eigenvalue weighted by molar-refractivity contribution is 7.13. The fourth-order valence-electron chi connectivity index (χ4n) is 1.79. The highest BCUT2D eigenvalue weighted by Gasteiger charge is 2.07. The fourth-order valence-corrected chi connectivity index (χ4v) is 2.53. The van der Waals surface area contributed by atoms with E-state index in [9.17, 15) is 4.79 Å². The van der Waals surface area contributed by atoms with E-state index in [1.807, 2.05) is 18.5 Å². The zero-order chi connectivity index (χ0) is 14.4. The lowest BCUT2D eigenvalue weighted by Gasteiger charge is -2.02. The van der Waals surface area contributed by atoms with Crippen LogP contribution in [-0.2, 0) is 22.4 Å². The maximum Gasteiger partial charge on any atom is 0.311 e. The van der Waals surface area contributed by atoms with E-state index in [4.69, 9.17) is 0 Å². The summed E-state index contributed by atoms with van der Waals surface area (Å²) in [6, 6.07) is 0. The Balaban J connectivity index is 1.72. The van der Waals surface area contributed by atoms with Crippen molar-refractivity contribution in [1.82, 2.24) is 15.2 Å². The molecule has 0 amide bonds. The summed E-state index contributed by atoms with van der Waals surface area (Å²) in [5, 5.41) is 12.9. The topological polar surface area (TPSA) is 79.9 Å². The summed E-state index contributed by atoms with van der Waals surface area (Å²) in [6.45, 7) is 2.87. The van der Waals surface area contributed by atoms with Crippen LogP contribution in [-0.4, -0.2) is 34.8 Å². The van der Waals surface area contributed by atoms with Crippen molar-refractivity contribution in [3.63, 3.8) is 0 Å². The number of methoxy groups -OCH3 is 1. The minimum Gasteiger partial charge on any atom is -0.469 e. The lowest BCUT2D eigenvalue weighted by molar-refractivity contribution is -0.139. The van der Waals surface area contributed by atoms with Crippen molar-refractivity contribution in [3.05, 3.63) is 28.5 Å². The number of rotatable bonds is 7. The number of aryl methyl sites for hydroxylation is 2. The number of hydrogen-bond donors (Lipinski definition) is 2. The first kappa shape index (κ1) is 14.5. The summed E-state index contributed by atoms with van der Waals surface area (Å²) in [5.74, 6) is -0.266.